The highest BCUT2D eigenvalue weighted by atomic mass is 79.9. The summed E-state index contributed by atoms with van der Waals surface area (Å²) in [5.41, 5.74) is 3.84. The number of halogens is 1. The van der Waals surface area contributed by atoms with E-state index in [9.17, 15) is 5.26 Å². The van der Waals surface area contributed by atoms with E-state index >= 15 is 0 Å². The van der Waals surface area contributed by atoms with Crippen molar-refractivity contribution in [3.63, 3.8) is 0 Å². The zero-order valence-corrected chi connectivity index (χ0v) is 17.8. The quantitative estimate of drug-likeness (QED) is 0.360. The van der Waals surface area contributed by atoms with Crippen molar-refractivity contribution in [2.24, 2.45) is 0 Å². The second-order valence-electron chi connectivity index (χ2n) is 6.59. The molecule has 0 unspecified atom stereocenters. The topological polar surface area (TPSA) is 70.9 Å². The number of aromatic nitrogens is 2. The van der Waals surface area contributed by atoms with Gasteiger partial charge in [-0.25, -0.2) is 4.98 Å². The maximum absolute atomic E-state index is 9.78. The Morgan fingerprint density at radius 3 is 2.73 bits per heavy atom. The van der Waals surface area contributed by atoms with Crippen LogP contribution in [0.25, 0.3) is 22.7 Å². The Morgan fingerprint density at radius 1 is 1.13 bits per heavy atom. The van der Waals surface area contributed by atoms with E-state index in [1.807, 2.05) is 66.7 Å². The Kier molecular flexibility index (Phi) is 5.82. The monoisotopic (exact) mass is 459 g/mol. The van der Waals surface area contributed by atoms with Crippen LogP contribution in [0.2, 0.25) is 0 Å². The largest absolute Gasteiger partial charge is 0.497 e. The smallest absolute Gasteiger partial charge is 0.149 e. The van der Waals surface area contributed by atoms with E-state index in [4.69, 9.17) is 9.47 Å². The first-order chi connectivity index (χ1) is 14.7. The van der Waals surface area contributed by atoms with Crippen molar-refractivity contribution >= 4 is 38.6 Å². The lowest BCUT2D eigenvalue weighted by Gasteiger charge is -2.10. The molecule has 1 N–H and O–H groups in total. The van der Waals surface area contributed by atoms with E-state index in [1.165, 1.54) is 0 Å². The minimum absolute atomic E-state index is 0.410. The molecule has 5 nitrogen and oxygen atoms in total. The number of methoxy groups -OCH3 is 1. The normalized spacial score (nSPS) is 11.3. The molecule has 0 saturated carbocycles. The number of hydrogen-bond acceptors (Lipinski definition) is 4. The molecule has 1 heterocycles. The van der Waals surface area contributed by atoms with Crippen molar-refractivity contribution in [2.75, 3.05) is 7.11 Å². The number of hydrogen-bond donors (Lipinski definition) is 1. The molecule has 30 heavy (non-hydrogen) atoms. The molecule has 3 aromatic carbocycles. The molecule has 0 radical (unpaired) electrons. The summed E-state index contributed by atoms with van der Waals surface area (Å²) >= 11 is 3.50. The molecular weight excluding hydrogens is 442 g/mol. The summed E-state index contributed by atoms with van der Waals surface area (Å²) in [5, 5.41) is 9.78. The Labute approximate surface area is 182 Å². The number of benzene rings is 3. The molecule has 0 bridgehead atoms. The van der Waals surface area contributed by atoms with Crippen LogP contribution in [0.5, 0.6) is 11.5 Å². The second kappa shape index (κ2) is 8.85. The molecule has 0 atom stereocenters. The third-order valence-electron chi connectivity index (χ3n) is 4.57. The molecule has 6 heteroatoms. The van der Waals surface area contributed by atoms with Crippen molar-refractivity contribution in [3.05, 3.63) is 88.2 Å². The fraction of sp³-hybridized carbons (Fsp3) is 0.0833. The van der Waals surface area contributed by atoms with Crippen molar-refractivity contribution in [1.82, 2.24) is 9.97 Å². The van der Waals surface area contributed by atoms with Gasteiger partial charge in [-0.15, -0.1) is 0 Å². The number of imidazole rings is 1. The first-order valence-corrected chi connectivity index (χ1v) is 10.1. The van der Waals surface area contributed by atoms with Crippen LogP contribution in [0.15, 0.2) is 71.2 Å². The van der Waals surface area contributed by atoms with Gasteiger partial charge in [0.1, 0.15) is 30.0 Å². The molecule has 0 saturated heterocycles. The standard InChI is InChI=1S/C24H18BrN3O2/c1-29-20-8-9-21-22(13-20)28-24(27-21)18(14-26)11-17-12-19(25)7-10-23(17)30-15-16-5-3-2-4-6-16/h2-13H,15H2,1H3,(H,27,28)/b18-11+. The van der Waals surface area contributed by atoms with Crippen molar-refractivity contribution in [2.45, 2.75) is 6.61 Å². The summed E-state index contributed by atoms with van der Waals surface area (Å²) in [6, 6.07) is 23.5. The van der Waals surface area contributed by atoms with Crippen LogP contribution in [0.1, 0.15) is 17.0 Å². The molecule has 0 amide bonds. The first-order valence-electron chi connectivity index (χ1n) is 9.28. The van der Waals surface area contributed by atoms with Crippen LogP contribution in [-0.4, -0.2) is 17.1 Å². The molecule has 0 spiro atoms. The van der Waals surface area contributed by atoms with E-state index < -0.39 is 0 Å². The van der Waals surface area contributed by atoms with Crippen molar-refractivity contribution in [1.29, 1.82) is 5.26 Å². The Bertz CT molecular complexity index is 1260. The average molecular weight is 460 g/mol. The molecule has 4 rings (SSSR count). The predicted octanol–water partition coefficient (Wildman–Crippen LogP) is 5.98. The summed E-state index contributed by atoms with van der Waals surface area (Å²) in [4.78, 5) is 7.75. The van der Waals surface area contributed by atoms with Crippen LogP contribution in [0.4, 0.5) is 0 Å². The minimum Gasteiger partial charge on any atom is -0.497 e. The fourth-order valence-electron chi connectivity index (χ4n) is 3.05. The van der Waals surface area contributed by atoms with Gasteiger partial charge in [-0.2, -0.15) is 5.26 Å². The van der Waals surface area contributed by atoms with Gasteiger partial charge in [0.2, 0.25) is 0 Å². The van der Waals surface area contributed by atoms with E-state index in [2.05, 4.69) is 32.0 Å². The van der Waals surface area contributed by atoms with Gasteiger partial charge < -0.3 is 14.5 Å². The summed E-state index contributed by atoms with van der Waals surface area (Å²) in [6.07, 6.45) is 1.78. The number of nitriles is 1. The number of fused-ring (bicyclic) bond motifs is 1. The van der Waals surface area contributed by atoms with Gasteiger partial charge in [-0.05, 0) is 42.0 Å². The molecule has 0 aliphatic heterocycles. The van der Waals surface area contributed by atoms with Gasteiger partial charge in [0.05, 0.1) is 23.7 Å². The number of nitrogens with one attached hydrogen (secondary N) is 1. The maximum atomic E-state index is 9.78. The Hall–Kier alpha value is -3.56. The van der Waals surface area contributed by atoms with Gasteiger partial charge in [0.25, 0.3) is 0 Å². The third kappa shape index (κ3) is 4.37. The lowest BCUT2D eigenvalue weighted by Crippen LogP contribution is -1.97. The summed E-state index contributed by atoms with van der Waals surface area (Å²) in [5.74, 6) is 1.91. The van der Waals surface area contributed by atoms with Crippen LogP contribution in [-0.2, 0) is 6.61 Å². The van der Waals surface area contributed by atoms with Gasteiger partial charge >= 0.3 is 0 Å². The summed E-state index contributed by atoms with van der Waals surface area (Å²) < 4.78 is 12.2. The first kappa shape index (κ1) is 19.7. The van der Waals surface area contributed by atoms with E-state index in [0.717, 1.165) is 32.4 Å². The maximum Gasteiger partial charge on any atom is 0.149 e. The lowest BCUT2D eigenvalue weighted by atomic mass is 10.1. The number of allylic oxidation sites excluding steroid dienone is 1. The second-order valence-corrected chi connectivity index (χ2v) is 7.51. The van der Waals surface area contributed by atoms with Crippen LogP contribution >= 0.6 is 15.9 Å². The highest BCUT2D eigenvalue weighted by Crippen LogP contribution is 2.29. The fourth-order valence-corrected chi connectivity index (χ4v) is 3.43. The van der Waals surface area contributed by atoms with E-state index in [-0.39, 0.29) is 0 Å². The number of rotatable bonds is 6. The van der Waals surface area contributed by atoms with Gasteiger partial charge in [-0.1, -0.05) is 46.3 Å². The highest BCUT2D eigenvalue weighted by Gasteiger charge is 2.11. The van der Waals surface area contributed by atoms with Crippen LogP contribution in [0.3, 0.4) is 0 Å². The van der Waals surface area contributed by atoms with Crippen molar-refractivity contribution < 1.29 is 9.47 Å². The number of ether oxygens (including phenoxy) is 2. The van der Waals surface area contributed by atoms with Crippen molar-refractivity contribution in [3.8, 4) is 17.6 Å². The van der Waals surface area contributed by atoms with Gasteiger partial charge in [0, 0.05) is 16.1 Å². The number of H-pyrrole nitrogens is 1. The lowest BCUT2D eigenvalue weighted by molar-refractivity contribution is 0.305. The Morgan fingerprint density at radius 2 is 1.97 bits per heavy atom. The zero-order chi connectivity index (χ0) is 20.9. The molecule has 0 fully saturated rings. The van der Waals surface area contributed by atoms with E-state index in [1.54, 1.807) is 13.2 Å². The minimum atomic E-state index is 0.410. The van der Waals surface area contributed by atoms with Crippen LogP contribution in [0, 0.1) is 11.3 Å². The Balaban J connectivity index is 1.68. The molecule has 0 aliphatic rings. The van der Waals surface area contributed by atoms with Crippen LogP contribution < -0.4 is 9.47 Å². The SMILES string of the molecule is COc1ccc2nc(/C(C#N)=C/c3cc(Br)ccc3OCc3ccccc3)[nH]c2c1. The zero-order valence-electron chi connectivity index (χ0n) is 16.2. The predicted molar refractivity (Wildman–Crippen MR) is 121 cm³/mol. The average Bonchev–Trinajstić information content (AvgIpc) is 3.20. The van der Waals surface area contributed by atoms with Gasteiger partial charge in [0.15, 0.2) is 0 Å². The molecule has 0 aliphatic carbocycles. The molecule has 148 valence electrons. The molecular formula is C24H18BrN3O2. The third-order valence-corrected chi connectivity index (χ3v) is 5.07. The summed E-state index contributed by atoms with van der Waals surface area (Å²) in [7, 11) is 1.61. The summed E-state index contributed by atoms with van der Waals surface area (Å²) in [6.45, 7) is 0.440. The number of aromatic amines is 1. The molecule has 4 aromatic rings. The van der Waals surface area contributed by atoms with E-state index in [0.29, 0.717) is 23.8 Å². The highest BCUT2D eigenvalue weighted by molar-refractivity contribution is 9.10. The van der Waals surface area contributed by atoms with Gasteiger partial charge in [-0.3, -0.25) is 0 Å². The molecule has 1 aromatic heterocycles. The number of nitrogens with zero attached hydrogens (tertiary/aromatic N) is 2.